The predicted molar refractivity (Wildman–Crippen MR) is 80.8 cm³/mol. The molecule has 0 aliphatic heterocycles. The zero-order valence-corrected chi connectivity index (χ0v) is 12.7. The summed E-state index contributed by atoms with van der Waals surface area (Å²) >= 11 is 9.19. The average Bonchev–Trinajstić information content (AvgIpc) is 2.39. The van der Waals surface area contributed by atoms with Crippen LogP contribution in [0.2, 0.25) is 5.02 Å². The van der Waals surface area contributed by atoms with Crippen LogP contribution >= 0.6 is 27.5 Å². The van der Waals surface area contributed by atoms with Gasteiger partial charge >= 0.3 is 0 Å². The third-order valence-electron chi connectivity index (χ3n) is 2.70. The lowest BCUT2D eigenvalue weighted by Crippen LogP contribution is -2.21. The first-order chi connectivity index (χ1) is 9.08. The summed E-state index contributed by atoms with van der Waals surface area (Å²) in [5.41, 5.74) is 1.69. The van der Waals surface area contributed by atoms with E-state index < -0.39 is 0 Å². The Morgan fingerprint density at radius 1 is 1.47 bits per heavy atom. The highest BCUT2D eigenvalue weighted by molar-refractivity contribution is 9.10. The largest absolute Gasteiger partial charge is 0.382 e. The van der Waals surface area contributed by atoms with Crippen molar-refractivity contribution in [1.82, 2.24) is 9.78 Å². The van der Waals surface area contributed by atoms with Crippen LogP contribution in [0.3, 0.4) is 0 Å². The molecule has 100 valence electrons. The topological polar surface area (TPSA) is 46.9 Å². The van der Waals surface area contributed by atoms with E-state index >= 15 is 0 Å². The van der Waals surface area contributed by atoms with Gasteiger partial charge in [-0.05, 0) is 40.0 Å². The monoisotopic (exact) mass is 341 g/mol. The Morgan fingerprint density at radius 2 is 2.26 bits per heavy atom. The van der Waals surface area contributed by atoms with Gasteiger partial charge in [-0.25, -0.2) is 4.68 Å². The van der Waals surface area contributed by atoms with Crippen molar-refractivity contribution in [3.05, 3.63) is 55.9 Å². The van der Waals surface area contributed by atoms with E-state index in [0.29, 0.717) is 16.7 Å². The molecule has 0 atom stereocenters. The number of hydrogen-bond donors (Lipinski definition) is 1. The van der Waals surface area contributed by atoms with Crippen molar-refractivity contribution < 1.29 is 0 Å². The SMILES string of the molecule is Cn1ncc(NCCc2cccc(Cl)c2)c(Br)c1=O. The first-order valence-corrected chi connectivity index (χ1v) is 6.95. The predicted octanol–water partition coefficient (Wildman–Crippen LogP) is 2.85. The molecule has 0 radical (unpaired) electrons. The second-order valence-electron chi connectivity index (χ2n) is 4.11. The van der Waals surface area contributed by atoms with E-state index in [1.54, 1.807) is 13.2 Å². The Hall–Kier alpha value is -1.33. The zero-order valence-electron chi connectivity index (χ0n) is 10.4. The maximum atomic E-state index is 11.7. The molecule has 0 saturated heterocycles. The van der Waals surface area contributed by atoms with Crippen molar-refractivity contribution in [2.75, 3.05) is 11.9 Å². The number of aromatic nitrogens is 2. The molecule has 0 spiro atoms. The minimum atomic E-state index is -0.159. The fourth-order valence-electron chi connectivity index (χ4n) is 1.67. The molecule has 19 heavy (non-hydrogen) atoms. The number of rotatable bonds is 4. The van der Waals surface area contributed by atoms with E-state index in [4.69, 9.17) is 11.6 Å². The summed E-state index contributed by atoms with van der Waals surface area (Å²) in [7, 11) is 1.61. The number of halogens is 2. The highest BCUT2D eigenvalue weighted by Crippen LogP contribution is 2.16. The van der Waals surface area contributed by atoms with Crippen molar-refractivity contribution in [3.63, 3.8) is 0 Å². The van der Waals surface area contributed by atoms with Crippen molar-refractivity contribution >= 4 is 33.2 Å². The number of hydrogen-bond acceptors (Lipinski definition) is 3. The van der Waals surface area contributed by atoms with Gasteiger partial charge in [0, 0.05) is 18.6 Å². The van der Waals surface area contributed by atoms with Crippen LogP contribution in [0.15, 0.2) is 39.7 Å². The van der Waals surface area contributed by atoms with Crippen LogP contribution in [0.5, 0.6) is 0 Å². The van der Waals surface area contributed by atoms with Gasteiger partial charge in [0.15, 0.2) is 0 Å². The van der Waals surface area contributed by atoms with Crippen LogP contribution in [-0.2, 0) is 13.5 Å². The number of anilines is 1. The van der Waals surface area contributed by atoms with Crippen molar-refractivity contribution in [2.24, 2.45) is 7.05 Å². The van der Waals surface area contributed by atoms with Crippen LogP contribution in [0.25, 0.3) is 0 Å². The summed E-state index contributed by atoms with van der Waals surface area (Å²) in [6.07, 6.45) is 2.45. The fraction of sp³-hybridized carbons (Fsp3) is 0.231. The molecule has 0 fully saturated rings. The summed E-state index contributed by atoms with van der Waals surface area (Å²) in [5, 5.41) is 7.88. The second kappa shape index (κ2) is 6.21. The summed E-state index contributed by atoms with van der Waals surface area (Å²) in [4.78, 5) is 11.7. The van der Waals surface area contributed by atoms with Crippen LogP contribution < -0.4 is 10.9 Å². The molecule has 0 aliphatic carbocycles. The van der Waals surface area contributed by atoms with Gasteiger partial charge in [-0.15, -0.1) is 0 Å². The highest BCUT2D eigenvalue weighted by atomic mass is 79.9. The molecule has 0 saturated carbocycles. The Morgan fingerprint density at radius 3 is 3.00 bits per heavy atom. The highest BCUT2D eigenvalue weighted by Gasteiger charge is 2.05. The first-order valence-electron chi connectivity index (χ1n) is 5.78. The molecule has 1 aromatic heterocycles. The molecule has 6 heteroatoms. The molecule has 1 aromatic carbocycles. The lowest BCUT2D eigenvalue weighted by molar-refractivity contribution is 0.703. The number of nitrogens with one attached hydrogen (secondary N) is 1. The molecule has 2 aromatic rings. The third-order valence-corrected chi connectivity index (χ3v) is 3.70. The Labute approximate surface area is 124 Å². The van der Waals surface area contributed by atoms with E-state index in [0.717, 1.165) is 17.0 Å². The van der Waals surface area contributed by atoms with Gasteiger partial charge in [-0.2, -0.15) is 5.10 Å². The maximum Gasteiger partial charge on any atom is 0.282 e. The van der Waals surface area contributed by atoms with Gasteiger partial charge in [-0.3, -0.25) is 4.79 Å². The van der Waals surface area contributed by atoms with Crippen LogP contribution in [0.1, 0.15) is 5.56 Å². The number of aryl methyl sites for hydroxylation is 1. The van der Waals surface area contributed by atoms with E-state index in [1.165, 1.54) is 4.68 Å². The first kappa shape index (κ1) is 14.1. The van der Waals surface area contributed by atoms with Crippen LogP contribution in [-0.4, -0.2) is 16.3 Å². The van der Waals surface area contributed by atoms with Crippen molar-refractivity contribution in [3.8, 4) is 0 Å². The Bertz CT molecular complexity index is 642. The molecule has 2 rings (SSSR count). The molecule has 1 heterocycles. The minimum absolute atomic E-state index is 0.159. The quantitative estimate of drug-likeness (QED) is 0.929. The normalized spacial score (nSPS) is 10.5. The fourth-order valence-corrected chi connectivity index (χ4v) is 2.38. The van der Waals surface area contributed by atoms with Crippen molar-refractivity contribution in [1.29, 1.82) is 0 Å². The number of nitrogens with zero attached hydrogens (tertiary/aromatic N) is 2. The smallest absolute Gasteiger partial charge is 0.282 e. The summed E-state index contributed by atoms with van der Waals surface area (Å²) < 4.78 is 1.78. The van der Waals surface area contributed by atoms with E-state index in [2.05, 4.69) is 26.3 Å². The Balaban J connectivity index is 2.00. The summed E-state index contributed by atoms with van der Waals surface area (Å²) in [6, 6.07) is 7.72. The van der Waals surface area contributed by atoms with Gasteiger partial charge in [0.25, 0.3) is 5.56 Å². The molecule has 0 unspecified atom stereocenters. The van der Waals surface area contributed by atoms with Gasteiger partial charge in [0.2, 0.25) is 0 Å². The van der Waals surface area contributed by atoms with Gasteiger partial charge in [0.1, 0.15) is 4.47 Å². The van der Waals surface area contributed by atoms with Crippen molar-refractivity contribution in [2.45, 2.75) is 6.42 Å². The lowest BCUT2D eigenvalue weighted by Gasteiger charge is -2.08. The number of benzene rings is 1. The second-order valence-corrected chi connectivity index (χ2v) is 5.34. The summed E-state index contributed by atoms with van der Waals surface area (Å²) in [6.45, 7) is 0.702. The summed E-state index contributed by atoms with van der Waals surface area (Å²) in [5.74, 6) is 0. The molecule has 0 bridgehead atoms. The molecule has 4 nitrogen and oxygen atoms in total. The van der Waals surface area contributed by atoms with Gasteiger partial charge < -0.3 is 5.32 Å². The van der Waals surface area contributed by atoms with Gasteiger partial charge in [-0.1, -0.05) is 23.7 Å². The third kappa shape index (κ3) is 3.58. The molecule has 0 amide bonds. The lowest BCUT2D eigenvalue weighted by atomic mass is 10.1. The standard InChI is InChI=1S/C13H13BrClN3O/c1-18-13(19)12(14)11(8-17-18)16-6-5-9-3-2-4-10(15)7-9/h2-4,7-8,16H,5-6H2,1H3. The van der Waals surface area contributed by atoms with Crippen LogP contribution in [0.4, 0.5) is 5.69 Å². The van der Waals surface area contributed by atoms with E-state index in [-0.39, 0.29) is 5.56 Å². The minimum Gasteiger partial charge on any atom is -0.382 e. The average molecular weight is 343 g/mol. The maximum absolute atomic E-state index is 11.7. The Kier molecular flexibility index (Phi) is 4.61. The van der Waals surface area contributed by atoms with Crippen LogP contribution in [0, 0.1) is 0 Å². The molecular formula is C13H13BrClN3O. The molecule has 0 aliphatic rings. The molecule has 1 N–H and O–H groups in total. The zero-order chi connectivity index (χ0) is 13.8. The van der Waals surface area contributed by atoms with E-state index in [9.17, 15) is 4.79 Å². The van der Waals surface area contributed by atoms with E-state index in [1.807, 2.05) is 24.3 Å². The van der Waals surface area contributed by atoms with Gasteiger partial charge in [0.05, 0.1) is 11.9 Å². The molecular weight excluding hydrogens is 330 g/mol.